The predicted molar refractivity (Wildman–Crippen MR) is 129 cm³/mol. The van der Waals surface area contributed by atoms with Gasteiger partial charge in [0.25, 0.3) is 0 Å². The van der Waals surface area contributed by atoms with Gasteiger partial charge in [0.15, 0.2) is 0 Å². The molecule has 0 saturated carbocycles. The van der Waals surface area contributed by atoms with E-state index in [4.69, 9.17) is 9.47 Å². The van der Waals surface area contributed by atoms with Crippen LogP contribution in [0.25, 0.3) is 0 Å². The van der Waals surface area contributed by atoms with Crippen LogP contribution in [0.1, 0.15) is 87.0 Å². The summed E-state index contributed by atoms with van der Waals surface area (Å²) in [7, 11) is 0. The number of rotatable bonds is 7. The van der Waals surface area contributed by atoms with Crippen LogP contribution >= 0.6 is 0 Å². The van der Waals surface area contributed by atoms with Gasteiger partial charge in [-0.15, -0.1) is 0 Å². The molecule has 0 spiro atoms. The van der Waals surface area contributed by atoms with Gasteiger partial charge in [0.05, 0.1) is 17.9 Å². The Morgan fingerprint density at radius 1 is 1.24 bits per heavy atom. The van der Waals surface area contributed by atoms with Crippen molar-refractivity contribution < 1.29 is 24.2 Å². The largest absolute Gasteiger partial charge is 0.462 e. The van der Waals surface area contributed by atoms with Gasteiger partial charge >= 0.3 is 11.9 Å². The van der Waals surface area contributed by atoms with E-state index >= 15 is 0 Å². The molecule has 1 saturated heterocycles. The number of carbonyl (C=O) groups excluding carboxylic acids is 2. The Balaban J connectivity index is 1.89. The molecule has 0 aromatic carbocycles. The van der Waals surface area contributed by atoms with Crippen molar-refractivity contribution in [3.8, 4) is 0 Å². The molecule has 3 aliphatic rings. The van der Waals surface area contributed by atoms with Crippen molar-refractivity contribution in [2.24, 2.45) is 35.0 Å². The SMILES string of the molecule is CCC(C)(C)C(=O)OC1CC(C)C(C(C)C)=C2C=CC(C)C(CCC3CC(O)CC(=O)O3)C21. The zero-order valence-corrected chi connectivity index (χ0v) is 21.6. The van der Waals surface area contributed by atoms with Gasteiger partial charge in [-0.1, -0.05) is 52.3 Å². The molecule has 1 fully saturated rings. The summed E-state index contributed by atoms with van der Waals surface area (Å²) in [6.07, 6.45) is 7.38. The first kappa shape index (κ1) is 26.0. The van der Waals surface area contributed by atoms with Crippen LogP contribution in [0.2, 0.25) is 0 Å². The molecule has 0 aromatic heterocycles. The molecule has 7 atom stereocenters. The highest BCUT2D eigenvalue weighted by atomic mass is 16.6. The van der Waals surface area contributed by atoms with Crippen molar-refractivity contribution in [2.45, 2.75) is 105 Å². The van der Waals surface area contributed by atoms with Crippen molar-refractivity contribution in [1.82, 2.24) is 0 Å². The summed E-state index contributed by atoms with van der Waals surface area (Å²) in [5.41, 5.74) is 2.33. The minimum atomic E-state index is -0.608. The molecular formula is C28H44O5. The zero-order chi connectivity index (χ0) is 24.5. The molecule has 1 heterocycles. The van der Waals surface area contributed by atoms with Gasteiger partial charge in [-0.3, -0.25) is 9.59 Å². The summed E-state index contributed by atoms with van der Waals surface area (Å²) in [4.78, 5) is 24.9. The predicted octanol–water partition coefficient (Wildman–Crippen LogP) is 5.61. The van der Waals surface area contributed by atoms with Crippen molar-refractivity contribution in [2.75, 3.05) is 0 Å². The molecule has 1 aliphatic heterocycles. The molecule has 0 aromatic rings. The number of ether oxygens (including phenoxy) is 2. The molecule has 0 amide bonds. The summed E-state index contributed by atoms with van der Waals surface area (Å²) in [6.45, 7) is 15.0. The number of carbonyl (C=O) groups is 2. The number of aliphatic hydroxyl groups excluding tert-OH is 1. The first-order chi connectivity index (χ1) is 15.4. The number of allylic oxidation sites excluding steroid dienone is 3. The van der Waals surface area contributed by atoms with Crippen LogP contribution < -0.4 is 0 Å². The van der Waals surface area contributed by atoms with Gasteiger partial charge < -0.3 is 14.6 Å². The molecule has 186 valence electrons. The van der Waals surface area contributed by atoms with Gasteiger partial charge in [0, 0.05) is 12.3 Å². The second-order valence-electron chi connectivity index (χ2n) is 11.6. The molecular weight excluding hydrogens is 416 g/mol. The van der Waals surface area contributed by atoms with Crippen LogP contribution in [0.4, 0.5) is 0 Å². The van der Waals surface area contributed by atoms with Gasteiger partial charge in [-0.05, 0) is 68.8 Å². The summed E-state index contributed by atoms with van der Waals surface area (Å²) in [6, 6.07) is 0. The highest BCUT2D eigenvalue weighted by molar-refractivity contribution is 5.76. The third kappa shape index (κ3) is 5.72. The zero-order valence-electron chi connectivity index (χ0n) is 21.6. The Labute approximate surface area is 200 Å². The van der Waals surface area contributed by atoms with Crippen molar-refractivity contribution in [3.05, 3.63) is 23.3 Å². The molecule has 3 rings (SSSR count). The smallest absolute Gasteiger partial charge is 0.311 e. The molecule has 0 radical (unpaired) electrons. The normalized spacial score (nSPS) is 34.8. The first-order valence-corrected chi connectivity index (χ1v) is 12.9. The van der Waals surface area contributed by atoms with E-state index in [2.05, 4.69) is 39.8 Å². The lowest BCUT2D eigenvalue weighted by Gasteiger charge is -2.46. The Morgan fingerprint density at radius 3 is 2.55 bits per heavy atom. The minimum absolute atomic E-state index is 0.0927. The number of fused-ring (bicyclic) bond motifs is 1. The Morgan fingerprint density at radius 2 is 1.94 bits per heavy atom. The van der Waals surface area contributed by atoms with Crippen LogP contribution in [-0.4, -0.2) is 35.4 Å². The van der Waals surface area contributed by atoms with Gasteiger partial charge in [-0.25, -0.2) is 0 Å². The topological polar surface area (TPSA) is 72.8 Å². The van der Waals surface area contributed by atoms with Crippen LogP contribution in [0.15, 0.2) is 23.3 Å². The lowest BCUT2D eigenvalue weighted by Crippen LogP contribution is -2.44. The van der Waals surface area contributed by atoms with Crippen molar-refractivity contribution in [3.63, 3.8) is 0 Å². The summed E-state index contributed by atoms with van der Waals surface area (Å²) < 4.78 is 11.8. The van der Waals surface area contributed by atoms with E-state index < -0.39 is 11.5 Å². The molecule has 2 aliphatic carbocycles. The number of cyclic esters (lactones) is 1. The van der Waals surface area contributed by atoms with E-state index in [1.165, 1.54) is 11.1 Å². The molecule has 5 heteroatoms. The quantitative estimate of drug-likeness (QED) is 0.500. The third-order valence-electron chi connectivity index (χ3n) is 8.30. The third-order valence-corrected chi connectivity index (χ3v) is 8.30. The Hall–Kier alpha value is -1.62. The average molecular weight is 461 g/mol. The van der Waals surface area contributed by atoms with Crippen LogP contribution in [-0.2, 0) is 19.1 Å². The maximum Gasteiger partial charge on any atom is 0.311 e. The van der Waals surface area contributed by atoms with Crippen LogP contribution in [0, 0.1) is 35.0 Å². The van der Waals surface area contributed by atoms with E-state index in [-0.39, 0.29) is 36.5 Å². The standard InChI is InChI=1S/C28H44O5/c1-8-28(6,7)27(31)33-23-13-18(5)25(16(2)3)22-11-9-17(4)21(26(22)23)12-10-20-14-19(29)15-24(30)32-20/h9,11,16-21,23,26,29H,8,10,12-15H2,1-7H3. The monoisotopic (exact) mass is 460 g/mol. The van der Waals surface area contributed by atoms with E-state index in [1.54, 1.807) is 0 Å². The van der Waals surface area contributed by atoms with E-state index in [9.17, 15) is 14.7 Å². The Kier molecular flexibility index (Phi) is 8.14. The fourth-order valence-corrected chi connectivity index (χ4v) is 6.06. The molecule has 33 heavy (non-hydrogen) atoms. The number of hydrogen-bond acceptors (Lipinski definition) is 5. The number of aliphatic hydroxyl groups is 1. The fraction of sp³-hybridized carbons (Fsp3) is 0.786. The summed E-state index contributed by atoms with van der Waals surface area (Å²) in [5.74, 6) is 1.18. The summed E-state index contributed by atoms with van der Waals surface area (Å²) in [5, 5.41) is 10.0. The molecule has 5 nitrogen and oxygen atoms in total. The first-order valence-electron chi connectivity index (χ1n) is 12.9. The molecule has 1 N–H and O–H groups in total. The van der Waals surface area contributed by atoms with Crippen LogP contribution in [0.3, 0.4) is 0 Å². The van der Waals surface area contributed by atoms with Crippen LogP contribution in [0.5, 0.6) is 0 Å². The van der Waals surface area contributed by atoms with Gasteiger partial charge in [-0.2, -0.15) is 0 Å². The van der Waals surface area contributed by atoms with Crippen molar-refractivity contribution in [1.29, 1.82) is 0 Å². The highest BCUT2D eigenvalue weighted by Gasteiger charge is 2.45. The maximum absolute atomic E-state index is 13.1. The number of esters is 2. The minimum Gasteiger partial charge on any atom is -0.462 e. The molecule has 7 unspecified atom stereocenters. The second kappa shape index (κ2) is 10.3. The fourth-order valence-electron chi connectivity index (χ4n) is 6.06. The Bertz CT molecular complexity index is 792. The lowest BCUT2D eigenvalue weighted by atomic mass is 9.61. The number of hydrogen-bond donors (Lipinski definition) is 1. The van der Waals surface area contributed by atoms with E-state index in [0.717, 1.165) is 25.7 Å². The lowest BCUT2D eigenvalue weighted by molar-refractivity contribution is -0.166. The average Bonchev–Trinajstić information content (AvgIpc) is 2.72. The van der Waals surface area contributed by atoms with E-state index in [0.29, 0.717) is 30.1 Å². The van der Waals surface area contributed by atoms with Gasteiger partial charge in [0.1, 0.15) is 12.2 Å². The second-order valence-corrected chi connectivity index (χ2v) is 11.6. The summed E-state index contributed by atoms with van der Waals surface area (Å²) >= 11 is 0. The van der Waals surface area contributed by atoms with Crippen molar-refractivity contribution >= 4 is 11.9 Å². The maximum atomic E-state index is 13.1. The van der Waals surface area contributed by atoms with E-state index in [1.807, 2.05) is 20.8 Å². The van der Waals surface area contributed by atoms with Gasteiger partial charge in [0.2, 0.25) is 0 Å². The molecule has 0 bridgehead atoms. The highest BCUT2D eigenvalue weighted by Crippen LogP contribution is 2.49.